The zero-order valence-corrected chi connectivity index (χ0v) is 9.57. The van der Waals surface area contributed by atoms with Crippen molar-refractivity contribution in [3.8, 4) is 11.3 Å². The number of nitrogens with one attached hydrogen (secondary N) is 1. The van der Waals surface area contributed by atoms with Gasteiger partial charge in [0.15, 0.2) is 0 Å². The van der Waals surface area contributed by atoms with Crippen LogP contribution in [0.5, 0.6) is 0 Å². The maximum absolute atomic E-state index is 4.51. The normalized spacial score (nSPS) is 10.1. The minimum atomic E-state index is 0.687. The van der Waals surface area contributed by atoms with Gasteiger partial charge in [-0.05, 0) is 19.4 Å². The summed E-state index contributed by atoms with van der Waals surface area (Å²) in [6.07, 6.45) is 1.85. The molecule has 0 aliphatic rings. The van der Waals surface area contributed by atoms with E-state index in [1.807, 2.05) is 38.2 Å². The predicted molar refractivity (Wildman–Crippen MR) is 66.4 cm³/mol. The second-order valence-electron chi connectivity index (χ2n) is 3.62. The van der Waals surface area contributed by atoms with Crippen LogP contribution in [-0.2, 0) is 0 Å². The van der Waals surface area contributed by atoms with E-state index >= 15 is 0 Å². The average molecular weight is 213 g/mol. The van der Waals surface area contributed by atoms with E-state index in [2.05, 4.69) is 27.4 Å². The molecular formula is C13H15N3. The average Bonchev–Trinajstić information content (AvgIpc) is 2.33. The largest absolute Gasteiger partial charge is 0.354 e. The number of benzene rings is 1. The van der Waals surface area contributed by atoms with E-state index in [1.54, 1.807) is 0 Å². The van der Waals surface area contributed by atoms with Crippen molar-refractivity contribution in [2.24, 2.45) is 0 Å². The first-order chi connectivity index (χ1) is 7.81. The first-order valence-electron chi connectivity index (χ1n) is 5.44. The maximum Gasteiger partial charge on any atom is 0.223 e. The summed E-state index contributed by atoms with van der Waals surface area (Å²) in [5, 5.41) is 3.12. The van der Waals surface area contributed by atoms with Crippen LogP contribution in [0.3, 0.4) is 0 Å². The van der Waals surface area contributed by atoms with E-state index in [4.69, 9.17) is 0 Å². The van der Waals surface area contributed by atoms with Crippen LogP contribution in [0.1, 0.15) is 12.5 Å². The van der Waals surface area contributed by atoms with Gasteiger partial charge in [-0.3, -0.25) is 0 Å². The highest BCUT2D eigenvalue weighted by Gasteiger charge is 2.05. The van der Waals surface area contributed by atoms with E-state index in [1.165, 1.54) is 0 Å². The molecule has 0 radical (unpaired) electrons. The lowest BCUT2D eigenvalue weighted by atomic mass is 10.1. The summed E-state index contributed by atoms with van der Waals surface area (Å²) in [7, 11) is 0. The Kier molecular flexibility index (Phi) is 3.15. The van der Waals surface area contributed by atoms with Crippen LogP contribution in [-0.4, -0.2) is 16.5 Å². The molecule has 0 aliphatic carbocycles. The molecule has 16 heavy (non-hydrogen) atoms. The third kappa shape index (κ3) is 2.19. The number of anilines is 1. The first kappa shape index (κ1) is 10.6. The fourth-order valence-corrected chi connectivity index (χ4v) is 1.57. The summed E-state index contributed by atoms with van der Waals surface area (Å²) in [6.45, 7) is 4.89. The van der Waals surface area contributed by atoms with Crippen LogP contribution in [0, 0.1) is 6.92 Å². The van der Waals surface area contributed by atoms with Crippen molar-refractivity contribution in [3.63, 3.8) is 0 Å². The summed E-state index contributed by atoms with van der Waals surface area (Å²) < 4.78 is 0. The van der Waals surface area contributed by atoms with Crippen LogP contribution in [0.4, 0.5) is 5.95 Å². The highest BCUT2D eigenvalue weighted by Crippen LogP contribution is 2.20. The minimum Gasteiger partial charge on any atom is -0.354 e. The number of aryl methyl sites for hydroxylation is 1. The van der Waals surface area contributed by atoms with Crippen molar-refractivity contribution in [1.29, 1.82) is 0 Å². The Labute approximate surface area is 95.6 Å². The second-order valence-corrected chi connectivity index (χ2v) is 3.62. The highest BCUT2D eigenvalue weighted by molar-refractivity contribution is 5.63. The molecule has 0 unspecified atom stereocenters. The zero-order valence-electron chi connectivity index (χ0n) is 9.57. The monoisotopic (exact) mass is 213 g/mol. The number of hydrogen-bond acceptors (Lipinski definition) is 3. The summed E-state index contributed by atoms with van der Waals surface area (Å²) in [5.74, 6) is 0.687. The van der Waals surface area contributed by atoms with Crippen molar-refractivity contribution in [3.05, 3.63) is 42.1 Å². The zero-order chi connectivity index (χ0) is 11.4. The molecule has 0 saturated heterocycles. The van der Waals surface area contributed by atoms with Crippen molar-refractivity contribution >= 4 is 5.95 Å². The smallest absolute Gasteiger partial charge is 0.223 e. The Balaban J connectivity index is 2.43. The molecule has 1 aromatic heterocycles. The lowest BCUT2D eigenvalue weighted by molar-refractivity contribution is 1.07. The fraction of sp³-hybridized carbons (Fsp3) is 0.231. The van der Waals surface area contributed by atoms with E-state index in [-0.39, 0.29) is 0 Å². The van der Waals surface area contributed by atoms with Gasteiger partial charge in [-0.1, -0.05) is 30.3 Å². The molecule has 3 nitrogen and oxygen atoms in total. The van der Waals surface area contributed by atoms with Gasteiger partial charge in [-0.15, -0.1) is 0 Å². The van der Waals surface area contributed by atoms with Gasteiger partial charge in [0.25, 0.3) is 0 Å². The van der Waals surface area contributed by atoms with Crippen molar-refractivity contribution in [2.45, 2.75) is 13.8 Å². The molecule has 0 amide bonds. The van der Waals surface area contributed by atoms with Crippen LogP contribution < -0.4 is 5.32 Å². The van der Waals surface area contributed by atoms with Gasteiger partial charge in [0.05, 0.1) is 5.69 Å². The summed E-state index contributed by atoms with van der Waals surface area (Å²) in [4.78, 5) is 8.74. The van der Waals surface area contributed by atoms with Crippen molar-refractivity contribution < 1.29 is 0 Å². The number of hydrogen-bond donors (Lipinski definition) is 1. The number of nitrogens with zero attached hydrogens (tertiary/aromatic N) is 2. The highest BCUT2D eigenvalue weighted by atomic mass is 15.1. The third-order valence-corrected chi connectivity index (χ3v) is 2.35. The molecule has 0 atom stereocenters. The number of aromatic nitrogens is 2. The maximum atomic E-state index is 4.51. The summed E-state index contributed by atoms with van der Waals surface area (Å²) >= 11 is 0. The molecule has 2 rings (SSSR count). The van der Waals surface area contributed by atoms with E-state index in [0.29, 0.717) is 5.95 Å². The van der Waals surface area contributed by atoms with E-state index in [9.17, 15) is 0 Å². The lowest BCUT2D eigenvalue weighted by Crippen LogP contribution is -2.03. The molecule has 0 saturated carbocycles. The molecule has 1 N–H and O–H groups in total. The van der Waals surface area contributed by atoms with Crippen molar-refractivity contribution in [1.82, 2.24) is 9.97 Å². The molecule has 3 heteroatoms. The molecule has 0 aliphatic heterocycles. The van der Waals surface area contributed by atoms with Gasteiger partial charge in [-0.25, -0.2) is 9.97 Å². The molecule has 0 bridgehead atoms. The minimum absolute atomic E-state index is 0.687. The standard InChI is InChI=1S/C13H15N3/c1-3-14-13-15-9-10(2)12(16-13)11-7-5-4-6-8-11/h4-9H,3H2,1-2H3,(H,14,15,16). The van der Waals surface area contributed by atoms with Gasteiger partial charge in [-0.2, -0.15) is 0 Å². The quantitative estimate of drug-likeness (QED) is 0.851. The predicted octanol–water partition coefficient (Wildman–Crippen LogP) is 2.88. The molecule has 82 valence electrons. The van der Waals surface area contributed by atoms with E-state index in [0.717, 1.165) is 23.4 Å². The molecule has 1 aromatic carbocycles. The van der Waals surface area contributed by atoms with Crippen LogP contribution in [0.15, 0.2) is 36.5 Å². The Morgan fingerprint density at radius 3 is 2.62 bits per heavy atom. The summed E-state index contributed by atoms with van der Waals surface area (Å²) in [6, 6.07) is 10.2. The molecular weight excluding hydrogens is 198 g/mol. The second kappa shape index (κ2) is 4.75. The Morgan fingerprint density at radius 1 is 1.19 bits per heavy atom. The molecule has 0 fully saturated rings. The van der Waals surface area contributed by atoms with Crippen LogP contribution in [0.25, 0.3) is 11.3 Å². The SMILES string of the molecule is CCNc1ncc(C)c(-c2ccccc2)n1. The van der Waals surface area contributed by atoms with Gasteiger partial charge in [0.1, 0.15) is 0 Å². The van der Waals surface area contributed by atoms with Crippen LogP contribution >= 0.6 is 0 Å². The molecule has 1 heterocycles. The Morgan fingerprint density at radius 2 is 1.94 bits per heavy atom. The Bertz CT molecular complexity index is 466. The fourth-order valence-electron chi connectivity index (χ4n) is 1.57. The van der Waals surface area contributed by atoms with Gasteiger partial charge >= 0.3 is 0 Å². The number of rotatable bonds is 3. The van der Waals surface area contributed by atoms with Gasteiger partial charge in [0, 0.05) is 18.3 Å². The van der Waals surface area contributed by atoms with Crippen LogP contribution in [0.2, 0.25) is 0 Å². The van der Waals surface area contributed by atoms with E-state index < -0.39 is 0 Å². The lowest BCUT2D eigenvalue weighted by Gasteiger charge is -2.07. The van der Waals surface area contributed by atoms with Gasteiger partial charge < -0.3 is 5.32 Å². The third-order valence-electron chi connectivity index (χ3n) is 2.35. The summed E-state index contributed by atoms with van der Waals surface area (Å²) in [5.41, 5.74) is 3.21. The topological polar surface area (TPSA) is 37.8 Å². The Hall–Kier alpha value is -1.90. The molecule has 2 aromatic rings. The first-order valence-corrected chi connectivity index (χ1v) is 5.44. The molecule has 0 spiro atoms. The van der Waals surface area contributed by atoms with Gasteiger partial charge in [0.2, 0.25) is 5.95 Å². The van der Waals surface area contributed by atoms with Crippen molar-refractivity contribution in [2.75, 3.05) is 11.9 Å².